The van der Waals surface area contributed by atoms with Gasteiger partial charge >= 0.3 is 0 Å². The third kappa shape index (κ3) is 2.32. The second-order valence-corrected chi connectivity index (χ2v) is 5.73. The van der Waals surface area contributed by atoms with Crippen molar-refractivity contribution < 1.29 is 4.39 Å². The molecule has 0 amide bonds. The van der Waals surface area contributed by atoms with Crippen LogP contribution in [0.3, 0.4) is 0 Å². The third-order valence-electron chi connectivity index (χ3n) is 2.05. The fourth-order valence-electron chi connectivity index (χ4n) is 1.31. The first-order valence-corrected chi connectivity index (χ1v) is 6.90. The van der Waals surface area contributed by atoms with Crippen molar-refractivity contribution in [3.05, 3.63) is 56.4 Å². The first kappa shape index (κ1) is 11.3. The van der Waals surface area contributed by atoms with Crippen LogP contribution in [0.2, 0.25) is 0 Å². The maximum Gasteiger partial charge on any atom is 0.127 e. The van der Waals surface area contributed by atoms with Gasteiger partial charge < -0.3 is 0 Å². The number of halogens is 3. The Bertz CT molecular complexity index is 467. The Morgan fingerprint density at radius 2 is 1.93 bits per heavy atom. The summed E-state index contributed by atoms with van der Waals surface area (Å²) in [7, 11) is 0. The van der Waals surface area contributed by atoms with Gasteiger partial charge in [-0.25, -0.2) is 4.39 Å². The van der Waals surface area contributed by atoms with Crippen LogP contribution in [0.5, 0.6) is 0 Å². The minimum absolute atomic E-state index is 0.0897. The summed E-state index contributed by atoms with van der Waals surface area (Å²) in [5.74, 6) is -0.181. The monoisotopic (exact) mass is 348 g/mol. The van der Waals surface area contributed by atoms with E-state index in [-0.39, 0.29) is 10.6 Å². The summed E-state index contributed by atoms with van der Waals surface area (Å²) in [6.45, 7) is 0. The van der Waals surface area contributed by atoms with E-state index in [0.717, 1.165) is 9.35 Å². The summed E-state index contributed by atoms with van der Waals surface area (Å²) >= 11 is 8.56. The highest BCUT2D eigenvalue weighted by atomic mass is 79.9. The number of alkyl halides is 1. The van der Waals surface area contributed by atoms with Gasteiger partial charge in [-0.1, -0.05) is 34.1 Å². The van der Waals surface area contributed by atoms with Crippen molar-refractivity contribution in [2.45, 2.75) is 4.83 Å². The highest BCUT2D eigenvalue weighted by Crippen LogP contribution is 2.39. The van der Waals surface area contributed by atoms with Crippen LogP contribution in [0.1, 0.15) is 15.3 Å². The molecule has 0 saturated heterocycles. The molecule has 0 spiro atoms. The quantitative estimate of drug-likeness (QED) is 0.659. The molecule has 2 aromatic rings. The normalized spacial score (nSPS) is 12.7. The van der Waals surface area contributed by atoms with Crippen LogP contribution in [0.4, 0.5) is 4.39 Å². The Balaban J connectivity index is 2.41. The summed E-state index contributed by atoms with van der Waals surface area (Å²) in [5, 5.41) is 1.98. The molecule has 0 N–H and O–H groups in total. The summed E-state index contributed by atoms with van der Waals surface area (Å²) in [4.78, 5) is 0.994. The minimum Gasteiger partial charge on any atom is -0.207 e. The van der Waals surface area contributed by atoms with E-state index in [0.29, 0.717) is 5.56 Å². The van der Waals surface area contributed by atoms with Gasteiger partial charge in [0.2, 0.25) is 0 Å². The Morgan fingerprint density at radius 3 is 2.53 bits per heavy atom. The standard InChI is InChI=1S/C11H7Br2FS/c12-8-5-6-15-11(8)10(13)7-3-1-2-4-9(7)14/h1-6,10H. The van der Waals surface area contributed by atoms with Crippen LogP contribution >= 0.6 is 43.2 Å². The average molecular weight is 350 g/mol. The van der Waals surface area contributed by atoms with Gasteiger partial charge in [-0.05, 0) is 33.4 Å². The topological polar surface area (TPSA) is 0 Å². The summed E-state index contributed by atoms with van der Waals surface area (Å²) < 4.78 is 14.5. The first-order valence-electron chi connectivity index (χ1n) is 4.31. The van der Waals surface area contributed by atoms with E-state index < -0.39 is 0 Å². The number of benzene rings is 1. The van der Waals surface area contributed by atoms with Crippen LogP contribution in [0.25, 0.3) is 0 Å². The van der Waals surface area contributed by atoms with Crippen LogP contribution in [-0.2, 0) is 0 Å². The van der Waals surface area contributed by atoms with Crippen molar-refractivity contribution >= 4 is 43.2 Å². The Kier molecular flexibility index (Phi) is 3.59. The Hall–Kier alpha value is -0.190. The van der Waals surface area contributed by atoms with E-state index in [1.54, 1.807) is 23.5 Å². The molecule has 0 fully saturated rings. The summed E-state index contributed by atoms with van der Waals surface area (Å²) in [6.07, 6.45) is 0. The van der Waals surface area contributed by atoms with Gasteiger partial charge in [0.25, 0.3) is 0 Å². The van der Waals surface area contributed by atoms with Crippen molar-refractivity contribution in [2.75, 3.05) is 0 Å². The Morgan fingerprint density at radius 1 is 1.20 bits per heavy atom. The van der Waals surface area contributed by atoms with Crippen molar-refractivity contribution in [2.24, 2.45) is 0 Å². The van der Waals surface area contributed by atoms with Crippen LogP contribution in [-0.4, -0.2) is 0 Å². The lowest BCUT2D eigenvalue weighted by Gasteiger charge is -2.09. The van der Waals surface area contributed by atoms with Crippen LogP contribution < -0.4 is 0 Å². The predicted molar refractivity (Wildman–Crippen MR) is 69.2 cm³/mol. The summed E-state index contributed by atoms with van der Waals surface area (Å²) in [5.41, 5.74) is 0.667. The highest BCUT2D eigenvalue weighted by Gasteiger charge is 2.17. The lowest BCUT2D eigenvalue weighted by molar-refractivity contribution is 0.614. The first-order chi connectivity index (χ1) is 7.20. The van der Waals surface area contributed by atoms with Gasteiger partial charge in [0.15, 0.2) is 0 Å². The molecule has 0 aliphatic carbocycles. The molecule has 15 heavy (non-hydrogen) atoms. The number of hydrogen-bond acceptors (Lipinski definition) is 1. The van der Waals surface area contributed by atoms with Gasteiger partial charge in [0, 0.05) is 14.9 Å². The molecule has 0 radical (unpaired) electrons. The second-order valence-electron chi connectivity index (χ2n) is 3.02. The molecule has 1 aromatic heterocycles. The second kappa shape index (κ2) is 4.76. The molecule has 78 valence electrons. The molecule has 1 aromatic carbocycles. The molecule has 0 bridgehead atoms. The number of thiophene rings is 1. The number of hydrogen-bond donors (Lipinski definition) is 0. The van der Waals surface area contributed by atoms with E-state index in [1.807, 2.05) is 17.5 Å². The highest BCUT2D eigenvalue weighted by molar-refractivity contribution is 9.11. The minimum atomic E-state index is -0.181. The molecule has 0 saturated carbocycles. The van der Waals surface area contributed by atoms with Crippen LogP contribution in [0.15, 0.2) is 40.2 Å². The van der Waals surface area contributed by atoms with Crippen molar-refractivity contribution in [1.29, 1.82) is 0 Å². The molecule has 1 atom stereocenters. The zero-order valence-electron chi connectivity index (χ0n) is 7.58. The van der Waals surface area contributed by atoms with E-state index in [4.69, 9.17) is 0 Å². The van der Waals surface area contributed by atoms with Gasteiger partial charge in [-0.2, -0.15) is 0 Å². The van der Waals surface area contributed by atoms with Gasteiger partial charge in [0.05, 0.1) is 4.83 Å². The van der Waals surface area contributed by atoms with Crippen LogP contribution in [0, 0.1) is 5.82 Å². The maximum atomic E-state index is 13.5. The third-order valence-corrected chi connectivity index (χ3v) is 5.24. The average Bonchev–Trinajstić information content (AvgIpc) is 2.64. The van der Waals surface area contributed by atoms with Crippen molar-refractivity contribution in [1.82, 2.24) is 0 Å². The van der Waals surface area contributed by atoms with Crippen molar-refractivity contribution in [3.63, 3.8) is 0 Å². The van der Waals surface area contributed by atoms with E-state index in [2.05, 4.69) is 31.9 Å². The van der Waals surface area contributed by atoms with Crippen molar-refractivity contribution in [3.8, 4) is 0 Å². The molecule has 0 aliphatic rings. The zero-order chi connectivity index (χ0) is 10.8. The largest absolute Gasteiger partial charge is 0.207 e. The SMILES string of the molecule is Fc1ccccc1C(Br)c1sccc1Br. The van der Waals surface area contributed by atoms with E-state index in [9.17, 15) is 4.39 Å². The molecular formula is C11H7Br2FS. The summed E-state index contributed by atoms with van der Waals surface area (Å²) in [6, 6.07) is 8.78. The lowest BCUT2D eigenvalue weighted by Crippen LogP contribution is -1.94. The lowest BCUT2D eigenvalue weighted by atomic mass is 10.1. The Labute approximate surface area is 108 Å². The predicted octanol–water partition coefficient (Wildman–Crippen LogP) is 5.13. The molecular weight excluding hydrogens is 343 g/mol. The van der Waals surface area contributed by atoms with E-state index in [1.165, 1.54) is 6.07 Å². The molecule has 0 aliphatic heterocycles. The molecule has 0 nitrogen and oxygen atoms in total. The smallest absolute Gasteiger partial charge is 0.127 e. The molecule has 1 unspecified atom stereocenters. The van der Waals surface area contributed by atoms with Gasteiger partial charge in [-0.15, -0.1) is 11.3 Å². The number of rotatable bonds is 2. The van der Waals surface area contributed by atoms with Gasteiger partial charge in [0.1, 0.15) is 5.82 Å². The van der Waals surface area contributed by atoms with Gasteiger partial charge in [-0.3, -0.25) is 0 Å². The fraction of sp³-hybridized carbons (Fsp3) is 0.0909. The van der Waals surface area contributed by atoms with E-state index >= 15 is 0 Å². The molecule has 4 heteroatoms. The molecule has 2 rings (SSSR count). The fourth-order valence-corrected chi connectivity index (χ4v) is 4.15. The maximum absolute atomic E-state index is 13.5. The zero-order valence-corrected chi connectivity index (χ0v) is 11.6. The molecule has 1 heterocycles.